The predicted molar refractivity (Wildman–Crippen MR) is 219 cm³/mol. The topological polar surface area (TPSA) is 65.2 Å². The van der Waals surface area contributed by atoms with E-state index in [9.17, 15) is 5.53 Å². The van der Waals surface area contributed by atoms with Crippen molar-refractivity contribution in [2.45, 2.75) is 19.3 Å². The summed E-state index contributed by atoms with van der Waals surface area (Å²) in [6.45, 7) is 0.997. The molecule has 0 saturated heterocycles. The molecule has 258 valence electrons. The zero-order valence-electron chi connectivity index (χ0n) is 29.5. The van der Waals surface area contributed by atoms with Gasteiger partial charge in [0.15, 0.2) is 6.54 Å². The molecule has 0 fully saturated rings. The molecule has 0 spiro atoms. The van der Waals surface area contributed by atoms with Gasteiger partial charge in [0.25, 0.3) is 6.17 Å². The largest absolute Gasteiger partial charge is 0.455 e. The van der Waals surface area contributed by atoms with Crippen molar-refractivity contribution in [2.24, 2.45) is 0 Å². The molecule has 2 N–H and O–H groups in total. The number of fused-ring (bicyclic) bond motifs is 8. The number of hydrogen-bond donors (Lipinski definition) is 2. The fraction of sp³-hybridized carbons (Fsp3) is 0.0612. The summed E-state index contributed by atoms with van der Waals surface area (Å²) in [6.07, 6.45) is -0.412. The van der Waals surface area contributed by atoms with E-state index < -0.39 is 6.17 Å². The first-order valence-corrected chi connectivity index (χ1v) is 18.4. The molecule has 0 aliphatic rings. The third-order valence-corrected chi connectivity index (χ3v) is 10.6. The molecule has 0 amide bonds. The van der Waals surface area contributed by atoms with E-state index in [2.05, 4.69) is 157 Å². The lowest BCUT2D eigenvalue weighted by Crippen LogP contribution is -2.30. The lowest BCUT2D eigenvalue weighted by molar-refractivity contribution is -0.674. The van der Waals surface area contributed by atoms with Crippen LogP contribution in [0.5, 0.6) is 0 Å². The van der Waals surface area contributed by atoms with Crippen LogP contribution >= 0.6 is 0 Å². The highest BCUT2D eigenvalue weighted by molar-refractivity contribution is 6.19. The number of hydrogen-bond acceptors (Lipinski definition) is 4. The van der Waals surface area contributed by atoms with Crippen molar-refractivity contribution in [3.8, 4) is 22.3 Å². The Labute approximate surface area is 312 Å². The Kier molecular flexibility index (Phi) is 7.85. The summed E-state index contributed by atoms with van der Waals surface area (Å²) in [6, 6.07) is 61.0. The van der Waals surface area contributed by atoms with Crippen molar-refractivity contribution in [3.05, 3.63) is 193 Å². The molecule has 0 bridgehead atoms. The molecule has 10 rings (SSSR count). The summed E-state index contributed by atoms with van der Waals surface area (Å²) in [5, 5.41) is 10.3. The minimum Gasteiger partial charge on any atom is -0.455 e. The van der Waals surface area contributed by atoms with Crippen LogP contribution in [0.1, 0.15) is 22.9 Å². The molecule has 8 aromatic carbocycles. The van der Waals surface area contributed by atoms with Gasteiger partial charge in [-0.05, 0) is 58.0 Å². The SMILES string of the molecule is N=[N+](Cc1ccccc1)C(NCc1ccc2c(c1)oc1c(-c3ccccc3)cccc12)c1ccc2oc3c4ccccc4c(-c4ccccc4)cc3c2c1. The van der Waals surface area contributed by atoms with E-state index >= 15 is 0 Å². The molecule has 54 heavy (non-hydrogen) atoms. The zero-order valence-corrected chi connectivity index (χ0v) is 29.5. The Hall–Kier alpha value is -6.82. The Bertz CT molecular complexity index is 2980. The molecule has 2 heterocycles. The zero-order chi connectivity index (χ0) is 36.0. The highest BCUT2D eigenvalue weighted by Crippen LogP contribution is 2.41. The fourth-order valence-electron chi connectivity index (χ4n) is 7.93. The lowest BCUT2D eigenvalue weighted by atomic mass is 9.95. The van der Waals surface area contributed by atoms with Gasteiger partial charge >= 0.3 is 0 Å². The Morgan fingerprint density at radius 3 is 1.89 bits per heavy atom. The second-order valence-corrected chi connectivity index (χ2v) is 13.9. The Morgan fingerprint density at radius 2 is 1.11 bits per heavy atom. The van der Waals surface area contributed by atoms with Crippen molar-refractivity contribution in [1.82, 2.24) is 5.32 Å². The predicted octanol–water partition coefficient (Wildman–Crippen LogP) is 13.0. The second-order valence-electron chi connectivity index (χ2n) is 13.9. The van der Waals surface area contributed by atoms with Crippen molar-refractivity contribution in [2.75, 3.05) is 0 Å². The maximum Gasteiger partial charge on any atom is 0.258 e. The van der Waals surface area contributed by atoms with Gasteiger partial charge in [0.2, 0.25) is 0 Å². The molecule has 5 heteroatoms. The van der Waals surface area contributed by atoms with Crippen LogP contribution in [0, 0.1) is 5.53 Å². The fourth-order valence-corrected chi connectivity index (χ4v) is 7.93. The first-order chi connectivity index (χ1) is 26.7. The first-order valence-electron chi connectivity index (χ1n) is 18.4. The van der Waals surface area contributed by atoms with Gasteiger partial charge in [-0.2, -0.15) is 0 Å². The molecule has 2 aromatic heterocycles. The molecular formula is C49H36N3O2+. The van der Waals surface area contributed by atoms with Crippen molar-refractivity contribution in [3.63, 3.8) is 0 Å². The average Bonchev–Trinajstić information content (AvgIpc) is 3.79. The van der Waals surface area contributed by atoms with Crippen LogP contribution in [0.3, 0.4) is 0 Å². The number of nitrogens with one attached hydrogen (secondary N) is 2. The number of furan rings is 2. The van der Waals surface area contributed by atoms with Crippen LogP contribution in [0.2, 0.25) is 0 Å². The summed E-state index contributed by atoms with van der Waals surface area (Å²) in [7, 11) is 0. The number of rotatable bonds is 9. The number of benzene rings is 8. The van der Waals surface area contributed by atoms with Gasteiger partial charge in [-0.25, -0.2) is 5.32 Å². The minimum absolute atomic E-state index is 0.412. The highest BCUT2D eigenvalue weighted by atomic mass is 16.3. The molecule has 1 unspecified atom stereocenters. The molecule has 5 nitrogen and oxygen atoms in total. The maximum absolute atomic E-state index is 9.40. The summed E-state index contributed by atoms with van der Waals surface area (Å²) in [5.41, 5.74) is 20.5. The van der Waals surface area contributed by atoms with E-state index in [1.807, 2.05) is 24.3 Å². The van der Waals surface area contributed by atoms with E-state index in [-0.39, 0.29) is 0 Å². The van der Waals surface area contributed by atoms with Crippen LogP contribution in [-0.4, -0.2) is 4.70 Å². The van der Waals surface area contributed by atoms with Gasteiger partial charge in [0.1, 0.15) is 22.3 Å². The molecule has 10 aromatic rings. The van der Waals surface area contributed by atoms with Gasteiger partial charge in [-0.3, -0.25) is 0 Å². The third-order valence-electron chi connectivity index (χ3n) is 10.6. The summed E-state index contributed by atoms with van der Waals surface area (Å²) in [5.74, 6) is 0. The van der Waals surface area contributed by atoms with Crippen LogP contribution in [0.15, 0.2) is 185 Å². The number of para-hydroxylation sites is 1. The average molecular weight is 699 g/mol. The monoisotopic (exact) mass is 698 g/mol. The normalized spacial score (nSPS) is 12.3. The summed E-state index contributed by atoms with van der Waals surface area (Å²) < 4.78 is 14.8. The quantitative estimate of drug-likeness (QED) is 0.0896. The van der Waals surface area contributed by atoms with E-state index in [0.717, 1.165) is 82.5 Å². The van der Waals surface area contributed by atoms with E-state index in [1.165, 1.54) is 11.1 Å². The molecule has 0 radical (unpaired) electrons. The van der Waals surface area contributed by atoms with Crippen LogP contribution in [0.4, 0.5) is 0 Å². The summed E-state index contributed by atoms with van der Waals surface area (Å²) in [4.78, 5) is 0. The summed E-state index contributed by atoms with van der Waals surface area (Å²) >= 11 is 0. The smallest absolute Gasteiger partial charge is 0.258 e. The van der Waals surface area contributed by atoms with E-state index in [1.54, 1.807) is 4.70 Å². The van der Waals surface area contributed by atoms with Gasteiger partial charge in [0, 0.05) is 50.2 Å². The van der Waals surface area contributed by atoms with Gasteiger partial charge < -0.3 is 8.83 Å². The van der Waals surface area contributed by atoms with Crippen molar-refractivity contribution < 1.29 is 13.5 Å². The molecule has 0 aliphatic carbocycles. The van der Waals surface area contributed by atoms with Crippen LogP contribution < -0.4 is 5.32 Å². The molecular weight excluding hydrogens is 663 g/mol. The molecule has 1 atom stereocenters. The first kappa shape index (κ1) is 31.9. The highest BCUT2D eigenvalue weighted by Gasteiger charge is 2.26. The van der Waals surface area contributed by atoms with Crippen LogP contribution in [0.25, 0.3) is 76.9 Å². The molecule has 0 aliphatic heterocycles. The van der Waals surface area contributed by atoms with Crippen LogP contribution in [-0.2, 0) is 13.1 Å². The van der Waals surface area contributed by atoms with E-state index in [4.69, 9.17) is 8.83 Å². The van der Waals surface area contributed by atoms with Gasteiger partial charge in [-0.1, -0.05) is 151 Å². The van der Waals surface area contributed by atoms with Gasteiger partial charge in [0.05, 0.1) is 0 Å². The Morgan fingerprint density at radius 1 is 0.463 bits per heavy atom. The van der Waals surface area contributed by atoms with Crippen molar-refractivity contribution in [1.29, 1.82) is 5.53 Å². The minimum atomic E-state index is -0.412. The second kappa shape index (κ2) is 13.3. The third kappa shape index (κ3) is 5.63. The lowest BCUT2D eigenvalue weighted by Gasteiger charge is -2.16. The van der Waals surface area contributed by atoms with Crippen molar-refractivity contribution >= 4 is 54.6 Å². The van der Waals surface area contributed by atoms with E-state index in [0.29, 0.717) is 13.1 Å². The Balaban J connectivity index is 1.04. The number of nitrogens with zero attached hydrogens (tertiary/aromatic N) is 1. The maximum atomic E-state index is 9.40. The van der Waals surface area contributed by atoms with Gasteiger partial charge in [-0.15, -0.1) is 4.70 Å². The standard InChI is InChI=1S/C49H36N3O2/c50-52(31-32-13-4-1-5-14-32)49(51-30-33-23-25-39-41-22-12-21-37(34-15-6-2-7-16-34)47(41)54-46(39)27-33)36-24-26-45-43(28-36)44-29-42(35-17-8-3-9-18-35)38-19-10-11-20-40(38)48(44)53-45/h1-29,49-51H,30-31H2/q+1. The molecule has 0 saturated carbocycles.